The second-order valence-electron chi connectivity index (χ2n) is 7.93. The molecule has 0 aromatic heterocycles. The highest BCUT2D eigenvalue weighted by Crippen LogP contribution is 2.35. The van der Waals surface area contributed by atoms with Crippen LogP contribution in [0.25, 0.3) is 0 Å². The van der Waals surface area contributed by atoms with Gasteiger partial charge in [-0.25, -0.2) is 4.39 Å². The summed E-state index contributed by atoms with van der Waals surface area (Å²) < 4.78 is 19.3. The highest BCUT2D eigenvalue weighted by atomic mass is 19.1. The van der Waals surface area contributed by atoms with Crippen molar-refractivity contribution in [3.63, 3.8) is 0 Å². The minimum atomic E-state index is -0.339. The number of carbonyl (C=O) groups is 2. The molecule has 5 nitrogen and oxygen atoms in total. The lowest BCUT2D eigenvalue weighted by molar-refractivity contribution is -0.117. The minimum absolute atomic E-state index is 0.0405. The zero-order chi connectivity index (χ0) is 20.3. The number of halogens is 1. The maximum absolute atomic E-state index is 13.8. The van der Waals surface area contributed by atoms with Crippen LogP contribution >= 0.6 is 0 Å². The molecule has 0 radical (unpaired) electrons. The Morgan fingerprint density at radius 1 is 1.07 bits per heavy atom. The Morgan fingerprint density at radius 2 is 1.79 bits per heavy atom. The first-order valence-corrected chi connectivity index (χ1v) is 10.1. The van der Waals surface area contributed by atoms with Crippen LogP contribution in [0.2, 0.25) is 0 Å². The molecule has 1 heterocycles. The molecule has 0 unspecified atom stereocenters. The molecule has 1 saturated heterocycles. The molecular weight excluding hydrogens is 371 g/mol. The van der Waals surface area contributed by atoms with Crippen LogP contribution < -0.4 is 10.6 Å². The highest BCUT2D eigenvalue weighted by Gasteiger charge is 2.35. The summed E-state index contributed by atoms with van der Waals surface area (Å²) in [6.45, 7) is 1.59. The van der Waals surface area contributed by atoms with E-state index >= 15 is 0 Å². The average molecular weight is 396 g/mol. The van der Waals surface area contributed by atoms with Gasteiger partial charge in [-0.1, -0.05) is 12.1 Å². The van der Waals surface area contributed by atoms with Crippen LogP contribution in [0.5, 0.6) is 0 Å². The third kappa shape index (κ3) is 4.65. The second kappa shape index (κ2) is 8.33. The topological polar surface area (TPSA) is 67.4 Å². The minimum Gasteiger partial charge on any atom is -0.381 e. The van der Waals surface area contributed by atoms with Crippen molar-refractivity contribution in [3.05, 3.63) is 65.5 Å². The van der Waals surface area contributed by atoms with Crippen LogP contribution in [-0.2, 0) is 14.9 Å². The monoisotopic (exact) mass is 396 g/mol. The third-order valence-corrected chi connectivity index (χ3v) is 5.84. The number of amides is 2. The first-order valence-electron chi connectivity index (χ1n) is 10.1. The Balaban J connectivity index is 1.42. The summed E-state index contributed by atoms with van der Waals surface area (Å²) in [5.74, 6) is -0.286. The fourth-order valence-electron chi connectivity index (χ4n) is 3.79. The molecule has 0 spiro atoms. The molecule has 2 amide bonds. The molecule has 2 aromatic carbocycles. The zero-order valence-electron chi connectivity index (χ0n) is 16.2. The molecule has 0 atom stereocenters. The van der Waals surface area contributed by atoms with E-state index in [9.17, 15) is 14.0 Å². The van der Waals surface area contributed by atoms with Gasteiger partial charge in [0.15, 0.2) is 0 Å². The second-order valence-corrected chi connectivity index (χ2v) is 7.93. The van der Waals surface area contributed by atoms with Gasteiger partial charge in [-0.15, -0.1) is 0 Å². The zero-order valence-corrected chi connectivity index (χ0v) is 16.2. The van der Waals surface area contributed by atoms with Gasteiger partial charge in [-0.2, -0.15) is 0 Å². The summed E-state index contributed by atoms with van der Waals surface area (Å²) in [6, 6.07) is 13.5. The van der Waals surface area contributed by atoms with E-state index in [0.29, 0.717) is 31.0 Å². The van der Waals surface area contributed by atoms with Gasteiger partial charge >= 0.3 is 0 Å². The van der Waals surface area contributed by atoms with Crippen molar-refractivity contribution in [3.8, 4) is 0 Å². The van der Waals surface area contributed by atoms with E-state index in [4.69, 9.17) is 4.74 Å². The summed E-state index contributed by atoms with van der Waals surface area (Å²) >= 11 is 0. The molecule has 4 rings (SSSR count). The van der Waals surface area contributed by atoms with E-state index in [0.717, 1.165) is 31.2 Å². The van der Waals surface area contributed by atoms with Gasteiger partial charge in [0.05, 0.1) is 0 Å². The van der Waals surface area contributed by atoms with Crippen molar-refractivity contribution >= 4 is 17.5 Å². The summed E-state index contributed by atoms with van der Waals surface area (Å²) in [5, 5.41) is 5.88. The highest BCUT2D eigenvalue weighted by molar-refractivity contribution is 5.96. The lowest BCUT2D eigenvalue weighted by atomic mass is 9.74. The number of rotatable bonds is 6. The fraction of sp³-hybridized carbons (Fsp3) is 0.391. The van der Waals surface area contributed by atoms with Gasteiger partial charge in [0.2, 0.25) is 5.91 Å². The van der Waals surface area contributed by atoms with Crippen molar-refractivity contribution in [1.29, 1.82) is 0 Å². The molecule has 6 heteroatoms. The Bertz CT molecular complexity index is 887. The molecule has 1 saturated carbocycles. The predicted octanol–water partition coefficient (Wildman–Crippen LogP) is 3.65. The van der Waals surface area contributed by atoms with Crippen molar-refractivity contribution in [2.75, 3.05) is 25.1 Å². The van der Waals surface area contributed by atoms with Gasteiger partial charge in [0.25, 0.3) is 5.91 Å². The van der Waals surface area contributed by atoms with E-state index in [2.05, 4.69) is 10.6 Å². The molecule has 29 heavy (non-hydrogen) atoms. The van der Waals surface area contributed by atoms with Gasteiger partial charge in [0, 0.05) is 42.3 Å². The van der Waals surface area contributed by atoms with Crippen LogP contribution in [0.1, 0.15) is 41.6 Å². The number of hydrogen-bond donors (Lipinski definition) is 2. The molecule has 0 bridgehead atoms. The molecule has 1 aliphatic heterocycles. The lowest BCUT2D eigenvalue weighted by Gasteiger charge is -2.38. The molecule has 2 N–H and O–H groups in total. The van der Waals surface area contributed by atoms with E-state index in [1.54, 1.807) is 36.4 Å². The maximum atomic E-state index is 13.8. The van der Waals surface area contributed by atoms with Crippen LogP contribution in [-0.4, -0.2) is 31.6 Å². The normalized spacial score (nSPS) is 18.1. The number of nitrogens with one attached hydrogen (secondary N) is 2. The number of ether oxygens (including phenoxy) is 1. The SMILES string of the molecule is O=C(NCC1(c2cccc(F)c2)CCOCC1)c1ccc(NC(=O)C2CC2)cc1. The quantitative estimate of drug-likeness (QED) is 0.783. The van der Waals surface area contributed by atoms with E-state index in [-0.39, 0.29) is 29.0 Å². The lowest BCUT2D eigenvalue weighted by Crippen LogP contribution is -2.44. The van der Waals surface area contributed by atoms with Crippen molar-refractivity contribution in [1.82, 2.24) is 5.32 Å². The van der Waals surface area contributed by atoms with E-state index in [1.807, 2.05) is 6.07 Å². The van der Waals surface area contributed by atoms with E-state index < -0.39 is 0 Å². The van der Waals surface area contributed by atoms with Crippen LogP contribution in [0.3, 0.4) is 0 Å². The van der Waals surface area contributed by atoms with E-state index in [1.165, 1.54) is 6.07 Å². The van der Waals surface area contributed by atoms with Gasteiger partial charge in [-0.3, -0.25) is 9.59 Å². The van der Waals surface area contributed by atoms with Crippen LogP contribution in [0, 0.1) is 11.7 Å². The summed E-state index contributed by atoms with van der Waals surface area (Å²) in [6.07, 6.45) is 3.35. The molecule has 2 aliphatic rings. The standard InChI is InChI=1S/C23H25FN2O3/c24-19-3-1-2-18(14-19)23(10-12-29-13-11-23)15-25-21(27)16-6-8-20(9-7-16)26-22(28)17-4-5-17/h1-3,6-9,14,17H,4-5,10-13,15H2,(H,25,27)(H,26,28). The molecule has 2 aromatic rings. The van der Waals surface area contributed by atoms with Gasteiger partial charge in [-0.05, 0) is 67.6 Å². The molecular formula is C23H25FN2O3. The van der Waals surface area contributed by atoms with Crippen molar-refractivity contribution in [2.45, 2.75) is 31.1 Å². The third-order valence-electron chi connectivity index (χ3n) is 5.84. The first kappa shape index (κ1) is 19.6. The summed E-state index contributed by atoms with van der Waals surface area (Å²) in [5.41, 5.74) is 1.77. The predicted molar refractivity (Wildman–Crippen MR) is 108 cm³/mol. The first-order chi connectivity index (χ1) is 14.1. The number of hydrogen-bond acceptors (Lipinski definition) is 3. The fourth-order valence-corrected chi connectivity index (χ4v) is 3.79. The average Bonchev–Trinajstić information content (AvgIpc) is 3.59. The number of carbonyl (C=O) groups excluding carboxylic acids is 2. The van der Waals surface area contributed by atoms with Crippen molar-refractivity contribution < 1.29 is 18.7 Å². The number of benzene rings is 2. The Kier molecular flexibility index (Phi) is 5.62. The van der Waals surface area contributed by atoms with Crippen molar-refractivity contribution in [2.24, 2.45) is 5.92 Å². The maximum Gasteiger partial charge on any atom is 0.251 e. The number of anilines is 1. The smallest absolute Gasteiger partial charge is 0.251 e. The molecule has 1 aliphatic carbocycles. The Hall–Kier alpha value is -2.73. The van der Waals surface area contributed by atoms with Gasteiger partial charge in [0.1, 0.15) is 5.82 Å². The molecule has 2 fully saturated rings. The Labute approximate surface area is 169 Å². The summed E-state index contributed by atoms with van der Waals surface area (Å²) in [7, 11) is 0. The van der Waals surface area contributed by atoms with Crippen LogP contribution in [0.4, 0.5) is 10.1 Å². The van der Waals surface area contributed by atoms with Crippen LogP contribution in [0.15, 0.2) is 48.5 Å². The Morgan fingerprint density at radius 3 is 2.45 bits per heavy atom. The molecule has 152 valence electrons. The summed E-state index contributed by atoms with van der Waals surface area (Å²) in [4.78, 5) is 24.5. The van der Waals surface area contributed by atoms with Gasteiger partial charge < -0.3 is 15.4 Å². The largest absolute Gasteiger partial charge is 0.381 e.